The Morgan fingerprint density at radius 3 is 2.00 bits per heavy atom. The summed E-state index contributed by atoms with van der Waals surface area (Å²) in [5.74, 6) is -0.716. The van der Waals surface area contributed by atoms with Crippen molar-refractivity contribution in [1.82, 2.24) is 10.6 Å². The molecule has 0 bridgehead atoms. The van der Waals surface area contributed by atoms with Crippen LogP contribution in [0.25, 0.3) is 0 Å². The van der Waals surface area contributed by atoms with E-state index in [1.54, 1.807) is 0 Å². The third kappa shape index (κ3) is 6.01. The second-order valence-electron chi connectivity index (χ2n) is 8.07. The van der Waals surface area contributed by atoms with Gasteiger partial charge in [0.25, 0.3) is 0 Å². The van der Waals surface area contributed by atoms with Crippen LogP contribution in [0.2, 0.25) is 0 Å². The van der Waals surface area contributed by atoms with Crippen molar-refractivity contribution in [1.29, 1.82) is 0 Å². The zero-order valence-corrected chi connectivity index (χ0v) is 15.4. The summed E-state index contributed by atoms with van der Waals surface area (Å²) in [5, 5.41) is 15.1. The van der Waals surface area contributed by atoms with Crippen LogP contribution >= 0.6 is 0 Å². The zero-order valence-electron chi connectivity index (χ0n) is 15.4. The van der Waals surface area contributed by atoms with Crippen molar-refractivity contribution in [2.45, 2.75) is 83.7 Å². The number of carboxylic acid groups (broad SMARTS) is 1. The Morgan fingerprint density at radius 2 is 1.48 bits per heavy atom. The average Bonchev–Trinajstić information content (AvgIpc) is 3.09. The minimum atomic E-state index is -0.973. The van der Waals surface area contributed by atoms with Crippen LogP contribution in [0.1, 0.15) is 71.6 Å². The van der Waals surface area contributed by atoms with Crippen molar-refractivity contribution in [3.63, 3.8) is 0 Å². The smallest absolute Gasteiger partial charge is 0.326 e. The standard InChI is InChI=1S/C19H32N2O4/c1-12(2)11-16(19(24)25)21-18(23)14-7-9-15(10-8-14)20-17(22)13-5-3-4-6-13/h12-16H,3-11H2,1-2H3,(H,20,22)(H,21,23)(H,24,25)/t14?,15?,16-/m0/s1. The predicted octanol–water partition coefficient (Wildman–Crippen LogP) is 2.47. The molecule has 0 radical (unpaired) electrons. The molecule has 25 heavy (non-hydrogen) atoms. The van der Waals surface area contributed by atoms with Gasteiger partial charge in [-0.2, -0.15) is 0 Å². The van der Waals surface area contributed by atoms with Crippen LogP contribution in [0.4, 0.5) is 0 Å². The SMILES string of the molecule is CC(C)C[C@H](NC(=O)C1CCC(NC(=O)C2CCCC2)CC1)C(=O)O. The van der Waals surface area contributed by atoms with Crippen molar-refractivity contribution < 1.29 is 19.5 Å². The molecule has 2 saturated carbocycles. The first-order valence-electron chi connectivity index (χ1n) is 9.70. The van der Waals surface area contributed by atoms with E-state index in [0.717, 1.165) is 38.5 Å². The van der Waals surface area contributed by atoms with Crippen LogP contribution in [0, 0.1) is 17.8 Å². The first-order chi connectivity index (χ1) is 11.9. The highest BCUT2D eigenvalue weighted by Gasteiger charge is 2.31. The Bertz CT molecular complexity index is 478. The molecule has 0 aromatic carbocycles. The van der Waals surface area contributed by atoms with Crippen LogP contribution in [0.3, 0.4) is 0 Å². The molecule has 6 nitrogen and oxygen atoms in total. The van der Waals surface area contributed by atoms with E-state index in [1.807, 2.05) is 13.8 Å². The first-order valence-corrected chi connectivity index (χ1v) is 9.70. The molecule has 6 heteroatoms. The number of rotatable bonds is 7. The lowest BCUT2D eigenvalue weighted by Gasteiger charge is -2.30. The van der Waals surface area contributed by atoms with Crippen molar-refractivity contribution in [2.24, 2.45) is 17.8 Å². The molecule has 142 valence electrons. The molecule has 2 amide bonds. The zero-order chi connectivity index (χ0) is 18.4. The van der Waals surface area contributed by atoms with Gasteiger partial charge in [0.05, 0.1) is 0 Å². The number of amides is 2. The Hall–Kier alpha value is -1.59. The van der Waals surface area contributed by atoms with E-state index in [9.17, 15) is 19.5 Å². The summed E-state index contributed by atoms with van der Waals surface area (Å²) in [4.78, 5) is 35.9. The largest absolute Gasteiger partial charge is 0.480 e. The van der Waals surface area contributed by atoms with Crippen molar-refractivity contribution in [2.75, 3.05) is 0 Å². The fraction of sp³-hybridized carbons (Fsp3) is 0.842. The molecule has 2 aliphatic carbocycles. The van der Waals surface area contributed by atoms with Crippen molar-refractivity contribution >= 4 is 17.8 Å². The summed E-state index contributed by atoms with van der Waals surface area (Å²) >= 11 is 0. The Balaban J connectivity index is 1.75. The van der Waals surface area contributed by atoms with Crippen LogP contribution in [-0.4, -0.2) is 35.0 Å². The maximum absolute atomic E-state index is 12.4. The van der Waals surface area contributed by atoms with Crippen LogP contribution in [0.5, 0.6) is 0 Å². The molecule has 2 aliphatic rings. The Kier molecular flexibility index (Phi) is 7.26. The van der Waals surface area contributed by atoms with E-state index in [-0.39, 0.29) is 35.6 Å². The molecule has 0 aromatic rings. The Morgan fingerprint density at radius 1 is 0.920 bits per heavy atom. The monoisotopic (exact) mass is 352 g/mol. The predicted molar refractivity (Wildman–Crippen MR) is 94.9 cm³/mol. The van der Waals surface area contributed by atoms with Crippen molar-refractivity contribution in [3.05, 3.63) is 0 Å². The second-order valence-corrected chi connectivity index (χ2v) is 8.07. The van der Waals surface area contributed by atoms with Gasteiger partial charge < -0.3 is 15.7 Å². The van der Waals surface area contributed by atoms with E-state index < -0.39 is 12.0 Å². The number of nitrogens with one attached hydrogen (secondary N) is 2. The molecule has 0 saturated heterocycles. The molecule has 0 aliphatic heterocycles. The summed E-state index contributed by atoms with van der Waals surface area (Å²) in [6.45, 7) is 3.89. The summed E-state index contributed by atoms with van der Waals surface area (Å²) < 4.78 is 0. The summed E-state index contributed by atoms with van der Waals surface area (Å²) in [6, 6.07) is -0.657. The quantitative estimate of drug-likeness (QED) is 0.656. The van der Waals surface area contributed by atoms with Crippen molar-refractivity contribution in [3.8, 4) is 0 Å². The van der Waals surface area contributed by atoms with Crippen LogP contribution in [-0.2, 0) is 14.4 Å². The lowest BCUT2D eigenvalue weighted by Crippen LogP contribution is -2.46. The van der Waals surface area contributed by atoms with E-state index >= 15 is 0 Å². The van der Waals surface area contributed by atoms with Gasteiger partial charge in [-0.1, -0.05) is 26.7 Å². The first kappa shape index (κ1) is 19.7. The summed E-state index contributed by atoms with van der Waals surface area (Å²) in [5.41, 5.74) is 0. The fourth-order valence-electron chi connectivity index (χ4n) is 3.99. The third-order valence-corrected chi connectivity index (χ3v) is 5.49. The van der Waals surface area contributed by atoms with Gasteiger partial charge in [0.15, 0.2) is 0 Å². The lowest BCUT2D eigenvalue weighted by atomic mass is 9.85. The molecule has 0 unspecified atom stereocenters. The number of hydrogen-bond donors (Lipinski definition) is 3. The van der Waals surface area contributed by atoms with Gasteiger partial charge in [0, 0.05) is 17.9 Å². The average molecular weight is 352 g/mol. The van der Waals surface area contributed by atoms with Gasteiger partial charge in [0.1, 0.15) is 6.04 Å². The van der Waals surface area contributed by atoms with E-state index in [2.05, 4.69) is 10.6 Å². The summed E-state index contributed by atoms with van der Waals surface area (Å²) in [7, 11) is 0. The van der Waals surface area contributed by atoms with E-state index in [4.69, 9.17) is 0 Å². The number of carbonyl (C=O) groups is 3. The second kappa shape index (κ2) is 9.20. The molecule has 0 heterocycles. The molecule has 0 aromatic heterocycles. The molecular formula is C19H32N2O4. The van der Waals surface area contributed by atoms with E-state index in [0.29, 0.717) is 19.3 Å². The minimum Gasteiger partial charge on any atom is -0.480 e. The lowest BCUT2D eigenvalue weighted by molar-refractivity contribution is -0.143. The molecule has 0 spiro atoms. The Labute approximate surface area is 150 Å². The van der Waals surface area contributed by atoms with E-state index in [1.165, 1.54) is 0 Å². The highest BCUT2D eigenvalue weighted by Crippen LogP contribution is 2.28. The minimum absolute atomic E-state index is 0.145. The fourth-order valence-corrected chi connectivity index (χ4v) is 3.99. The van der Waals surface area contributed by atoms with Gasteiger partial charge in [-0.05, 0) is 50.9 Å². The molecular weight excluding hydrogens is 320 g/mol. The molecule has 1 atom stereocenters. The highest BCUT2D eigenvalue weighted by atomic mass is 16.4. The summed E-state index contributed by atoms with van der Waals surface area (Å²) in [6.07, 6.45) is 7.71. The maximum Gasteiger partial charge on any atom is 0.326 e. The van der Waals surface area contributed by atoms with Gasteiger partial charge in [-0.15, -0.1) is 0 Å². The normalized spacial score (nSPS) is 25.6. The maximum atomic E-state index is 12.4. The number of carboxylic acids is 1. The van der Waals surface area contributed by atoms with Crippen LogP contribution in [0.15, 0.2) is 0 Å². The number of carbonyl (C=O) groups excluding carboxylic acids is 2. The highest BCUT2D eigenvalue weighted by molar-refractivity contribution is 5.85. The molecule has 3 N–H and O–H groups in total. The van der Waals surface area contributed by atoms with Gasteiger partial charge in [-0.3, -0.25) is 9.59 Å². The molecule has 2 rings (SSSR count). The third-order valence-electron chi connectivity index (χ3n) is 5.49. The number of aliphatic carboxylic acids is 1. The van der Waals surface area contributed by atoms with Gasteiger partial charge >= 0.3 is 5.97 Å². The topological polar surface area (TPSA) is 95.5 Å². The molecule has 2 fully saturated rings. The van der Waals surface area contributed by atoms with Gasteiger partial charge in [0.2, 0.25) is 11.8 Å². The van der Waals surface area contributed by atoms with Crippen LogP contribution < -0.4 is 10.6 Å². The van der Waals surface area contributed by atoms with Gasteiger partial charge in [-0.25, -0.2) is 4.79 Å². The number of hydrogen-bond acceptors (Lipinski definition) is 3.